The molecule has 0 amide bonds. The van der Waals surface area contributed by atoms with Crippen molar-refractivity contribution in [3.05, 3.63) is 112 Å². The van der Waals surface area contributed by atoms with Crippen LogP contribution in [0.3, 0.4) is 0 Å². The molecule has 3 aromatic rings. The molecule has 1 aliphatic carbocycles. The molecule has 2 nitrogen and oxygen atoms in total. The Morgan fingerprint density at radius 1 is 0.700 bits per heavy atom. The highest BCUT2D eigenvalue weighted by molar-refractivity contribution is 5.97. The Hall–Kier alpha value is -3.23. The van der Waals surface area contributed by atoms with Gasteiger partial charge in [0.15, 0.2) is 5.78 Å². The highest BCUT2D eigenvalue weighted by Gasteiger charge is 2.23. The third-order valence-electron chi connectivity index (χ3n) is 6.18. The van der Waals surface area contributed by atoms with Crippen molar-refractivity contribution in [2.45, 2.75) is 12.8 Å². The normalized spacial score (nSPS) is 16.0. The molecule has 1 fully saturated rings. The van der Waals surface area contributed by atoms with Gasteiger partial charge in [-0.3, -0.25) is 9.69 Å². The van der Waals surface area contributed by atoms with Gasteiger partial charge in [-0.1, -0.05) is 96.6 Å². The van der Waals surface area contributed by atoms with E-state index in [1.165, 1.54) is 33.4 Å². The maximum absolute atomic E-state index is 12.6. The molecule has 0 unspecified atom stereocenters. The van der Waals surface area contributed by atoms with Crippen LogP contribution in [-0.2, 0) is 0 Å². The predicted octanol–water partition coefficient (Wildman–Crippen LogP) is 5.95. The van der Waals surface area contributed by atoms with Gasteiger partial charge in [-0.25, -0.2) is 0 Å². The van der Waals surface area contributed by atoms with Crippen LogP contribution in [0, 0.1) is 0 Å². The quantitative estimate of drug-likeness (QED) is 0.402. The van der Waals surface area contributed by atoms with E-state index >= 15 is 0 Å². The van der Waals surface area contributed by atoms with Crippen LogP contribution >= 0.6 is 0 Å². The number of piperidine rings is 1. The van der Waals surface area contributed by atoms with E-state index in [0.717, 1.165) is 31.5 Å². The van der Waals surface area contributed by atoms with Crippen LogP contribution in [0.5, 0.6) is 0 Å². The molecule has 1 aliphatic heterocycles. The Balaban J connectivity index is 1.43. The number of fused-ring (bicyclic) bond motifs is 2. The van der Waals surface area contributed by atoms with Crippen LogP contribution in [0.2, 0.25) is 0 Å². The van der Waals surface area contributed by atoms with Gasteiger partial charge in [0.05, 0.1) is 6.54 Å². The molecule has 0 bridgehead atoms. The summed E-state index contributed by atoms with van der Waals surface area (Å²) in [6.07, 6.45) is 6.46. The lowest BCUT2D eigenvalue weighted by Gasteiger charge is -2.30. The van der Waals surface area contributed by atoms with Gasteiger partial charge in [0.2, 0.25) is 0 Å². The molecule has 0 N–H and O–H groups in total. The summed E-state index contributed by atoms with van der Waals surface area (Å²) in [6.45, 7) is 2.35. The van der Waals surface area contributed by atoms with Gasteiger partial charge in [-0.2, -0.15) is 0 Å². The Bertz CT molecular complexity index is 1080. The Morgan fingerprint density at radius 3 is 1.83 bits per heavy atom. The molecule has 0 aromatic heterocycles. The van der Waals surface area contributed by atoms with E-state index in [1.54, 1.807) is 0 Å². The fraction of sp³-hybridized carbons (Fsp3) is 0.179. The van der Waals surface area contributed by atoms with Crippen molar-refractivity contribution in [1.82, 2.24) is 4.90 Å². The maximum atomic E-state index is 12.6. The summed E-state index contributed by atoms with van der Waals surface area (Å²) >= 11 is 0. The molecule has 5 rings (SSSR count). The van der Waals surface area contributed by atoms with E-state index in [1.807, 2.05) is 30.3 Å². The molecule has 0 atom stereocenters. The zero-order valence-corrected chi connectivity index (χ0v) is 17.1. The summed E-state index contributed by atoms with van der Waals surface area (Å²) in [5, 5.41) is 0. The van der Waals surface area contributed by atoms with Crippen molar-refractivity contribution in [3.63, 3.8) is 0 Å². The first-order chi connectivity index (χ1) is 14.8. The zero-order valence-electron chi connectivity index (χ0n) is 17.1. The number of carbonyl (C=O) groups is 1. The van der Waals surface area contributed by atoms with Gasteiger partial charge in [-0.05, 0) is 40.7 Å². The van der Waals surface area contributed by atoms with Gasteiger partial charge in [0.25, 0.3) is 0 Å². The van der Waals surface area contributed by atoms with E-state index in [-0.39, 0.29) is 5.78 Å². The predicted molar refractivity (Wildman–Crippen MR) is 124 cm³/mol. The molecular formula is C28H25NO. The minimum Gasteiger partial charge on any atom is -0.295 e. The van der Waals surface area contributed by atoms with E-state index in [9.17, 15) is 4.79 Å². The fourth-order valence-corrected chi connectivity index (χ4v) is 4.60. The summed E-state index contributed by atoms with van der Waals surface area (Å²) in [4.78, 5) is 14.9. The van der Waals surface area contributed by atoms with Crippen molar-refractivity contribution in [2.75, 3.05) is 19.6 Å². The number of likely N-dealkylation sites (tertiary alicyclic amines) is 1. The lowest BCUT2D eigenvalue weighted by molar-refractivity contribution is 0.0925. The largest absolute Gasteiger partial charge is 0.295 e. The first kappa shape index (κ1) is 18.8. The molecule has 3 aromatic carbocycles. The molecule has 1 heterocycles. The molecule has 0 spiro atoms. The summed E-state index contributed by atoms with van der Waals surface area (Å²) in [5.41, 5.74) is 8.89. The van der Waals surface area contributed by atoms with Crippen LogP contribution in [0.1, 0.15) is 45.5 Å². The van der Waals surface area contributed by atoms with E-state index in [4.69, 9.17) is 0 Å². The fourth-order valence-electron chi connectivity index (χ4n) is 4.60. The molecule has 148 valence electrons. The average molecular weight is 392 g/mol. The highest BCUT2D eigenvalue weighted by atomic mass is 16.1. The second-order valence-corrected chi connectivity index (χ2v) is 8.05. The number of ketones is 1. The van der Waals surface area contributed by atoms with Gasteiger partial charge in [0.1, 0.15) is 0 Å². The second kappa shape index (κ2) is 8.25. The van der Waals surface area contributed by atoms with E-state index in [0.29, 0.717) is 6.54 Å². The number of hydrogen-bond donors (Lipinski definition) is 0. The molecule has 0 saturated carbocycles. The van der Waals surface area contributed by atoms with Crippen molar-refractivity contribution >= 4 is 23.5 Å². The lowest BCUT2D eigenvalue weighted by atomic mass is 9.86. The van der Waals surface area contributed by atoms with Gasteiger partial charge < -0.3 is 0 Å². The molecule has 2 aliphatic rings. The van der Waals surface area contributed by atoms with Crippen LogP contribution in [0.15, 0.2) is 84.4 Å². The number of hydrogen-bond acceptors (Lipinski definition) is 2. The monoisotopic (exact) mass is 391 g/mol. The zero-order chi connectivity index (χ0) is 20.3. The Morgan fingerprint density at radius 2 is 1.23 bits per heavy atom. The van der Waals surface area contributed by atoms with Gasteiger partial charge in [-0.15, -0.1) is 0 Å². The first-order valence-corrected chi connectivity index (χ1v) is 10.7. The maximum Gasteiger partial charge on any atom is 0.176 e. The highest BCUT2D eigenvalue weighted by Crippen LogP contribution is 2.38. The smallest absolute Gasteiger partial charge is 0.176 e. The number of carbonyl (C=O) groups excluding carboxylic acids is 1. The number of nitrogens with zero attached hydrogens (tertiary/aromatic N) is 1. The van der Waals surface area contributed by atoms with Crippen molar-refractivity contribution in [3.8, 4) is 0 Å². The number of Topliss-reactive ketones (excluding diaryl/α,β-unsaturated/α-hetero) is 1. The van der Waals surface area contributed by atoms with Crippen LogP contribution < -0.4 is 0 Å². The number of rotatable bonds is 3. The average Bonchev–Trinajstić information content (AvgIpc) is 2.97. The third-order valence-corrected chi connectivity index (χ3v) is 6.18. The van der Waals surface area contributed by atoms with Crippen LogP contribution in [0.25, 0.3) is 17.7 Å². The molecule has 2 heteroatoms. The molecule has 1 saturated heterocycles. The lowest BCUT2D eigenvalue weighted by Crippen LogP contribution is -2.35. The Labute approximate surface area is 178 Å². The van der Waals surface area contributed by atoms with Crippen molar-refractivity contribution in [2.24, 2.45) is 0 Å². The minimum atomic E-state index is 0.209. The first-order valence-electron chi connectivity index (χ1n) is 10.7. The Kier molecular flexibility index (Phi) is 5.17. The van der Waals surface area contributed by atoms with Crippen LogP contribution in [-0.4, -0.2) is 30.3 Å². The van der Waals surface area contributed by atoms with E-state index < -0.39 is 0 Å². The molecule has 0 radical (unpaired) electrons. The minimum absolute atomic E-state index is 0.209. The standard InChI is InChI=1S/C28H25NO/c30-27(23-10-2-1-3-11-23)20-29-18-16-24(17-19-29)28-25-12-6-4-8-21(25)14-15-22-9-5-7-13-26(22)28/h1-15H,16-20H2. The van der Waals surface area contributed by atoms with E-state index in [2.05, 4.69) is 65.6 Å². The summed E-state index contributed by atoms with van der Waals surface area (Å²) in [6, 6.07) is 27.0. The summed E-state index contributed by atoms with van der Waals surface area (Å²) in [7, 11) is 0. The van der Waals surface area contributed by atoms with Crippen molar-refractivity contribution < 1.29 is 4.79 Å². The SMILES string of the molecule is O=C(CN1CCC(=C2c3ccccc3C=Cc3ccccc32)CC1)c1ccccc1. The van der Waals surface area contributed by atoms with Crippen molar-refractivity contribution in [1.29, 1.82) is 0 Å². The second-order valence-electron chi connectivity index (χ2n) is 8.05. The summed E-state index contributed by atoms with van der Waals surface area (Å²) < 4.78 is 0. The topological polar surface area (TPSA) is 20.3 Å². The third kappa shape index (κ3) is 3.67. The van der Waals surface area contributed by atoms with Gasteiger partial charge >= 0.3 is 0 Å². The number of benzene rings is 3. The molecular weight excluding hydrogens is 366 g/mol. The van der Waals surface area contributed by atoms with Gasteiger partial charge in [0, 0.05) is 18.7 Å². The summed E-state index contributed by atoms with van der Waals surface area (Å²) in [5.74, 6) is 0.209. The van der Waals surface area contributed by atoms with Crippen LogP contribution in [0.4, 0.5) is 0 Å². The molecule has 30 heavy (non-hydrogen) atoms.